The highest BCUT2D eigenvalue weighted by Gasteiger charge is 2.17. The fraction of sp³-hybridized carbons (Fsp3) is 0.800. The Hall–Kier alpha value is -0.400. The third-order valence-corrected chi connectivity index (χ3v) is 2.84. The summed E-state index contributed by atoms with van der Waals surface area (Å²) in [6.07, 6.45) is 2.99. The van der Waals surface area contributed by atoms with E-state index in [1.165, 1.54) is 0 Å². The van der Waals surface area contributed by atoms with Crippen molar-refractivity contribution in [2.75, 3.05) is 24.6 Å². The molecule has 2 amide bonds. The molecule has 0 aliphatic heterocycles. The molecule has 0 aliphatic rings. The first-order chi connectivity index (χ1) is 8.15. The highest BCUT2D eigenvalue weighted by Crippen LogP contribution is 1.96. The van der Waals surface area contributed by atoms with Gasteiger partial charge in [0.15, 0.2) is 0 Å². The Balaban J connectivity index is 3.80. The molecule has 0 saturated heterocycles. The van der Waals surface area contributed by atoms with Crippen LogP contribution >= 0.6 is 25.3 Å². The lowest BCUT2D eigenvalue weighted by atomic mass is 10.2. The fourth-order valence-electron chi connectivity index (χ4n) is 1.20. The summed E-state index contributed by atoms with van der Waals surface area (Å²) in [5.41, 5.74) is 5.15. The van der Waals surface area contributed by atoms with Crippen molar-refractivity contribution < 1.29 is 9.59 Å². The van der Waals surface area contributed by atoms with Gasteiger partial charge in [0, 0.05) is 12.3 Å². The van der Waals surface area contributed by atoms with E-state index < -0.39 is 6.04 Å². The van der Waals surface area contributed by atoms with Gasteiger partial charge in [-0.2, -0.15) is 25.3 Å². The van der Waals surface area contributed by atoms with Crippen LogP contribution in [0.3, 0.4) is 0 Å². The topological polar surface area (TPSA) is 84.2 Å². The highest BCUT2D eigenvalue weighted by atomic mass is 32.1. The summed E-state index contributed by atoms with van der Waals surface area (Å²) in [6.45, 7) is 0.481. The van der Waals surface area contributed by atoms with E-state index in [-0.39, 0.29) is 24.1 Å². The molecule has 5 nitrogen and oxygen atoms in total. The normalized spacial score (nSPS) is 11.9. The molecule has 0 fully saturated rings. The lowest BCUT2D eigenvalue weighted by Crippen LogP contribution is -2.49. The molecule has 0 aromatic heterocycles. The Bertz CT molecular complexity index is 240. The second kappa shape index (κ2) is 10.7. The molecule has 7 heteroatoms. The van der Waals surface area contributed by atoms with E-state index in [9.17, 15) is 9.59 Å². The maximum atomic E-state index is 11.6. The van der Waals surface area contributed by atoms with Crippen molar-refractivity contribution in [1.82, 2.24) is 10.6 Å². The fourth-order valence-corrected chi connectivity index (χ4v) is 1.68. The van der Waals surface area contributed by atoms with Crippen LogP contribution in [0.5, 0.6) is 0 Å². The second-order valence-electron chi connectivity index (χ2n) is 3.58. The first-order valence-corrected chi connectivity index (χ1v) is 6.91. The Morgan fingerprint density at radius 1 is 1.18 bits per heavy atom. The highest BCUT2D eigenvalue weighted by molar-refractivity contribution is 7.80. The van der Waals surface area contributed by atoms with Gasteiger partial charge in [0.1, 0.15) is 6.04 Å². The van der Waals surface area contributed by atoms with Gasteiger partial charge in [-0.1, -0.05) is 6.42 Å². The van der Waals surface area contributed by atoms with Crippen molar-refractivity contribution in [1.29, 1.82) is 0 Å². The van der Waals surface area contributed by atoms with Crippen molar-refractivity contribution in [3.05, 3.63) is 0 Å². The molecular weight excluding hydrogens is 258 g/mol. The zero-order chi connectivity index (χ0) is 13.1. The van der Waals surface area contributed by atoms with Gasteiger partial charge in [0.2, 0.25) is 11.8 Å². The van der Waals surface area contributed by atoms with Gasteiger partial charge in [0.05, 0.1) is 6.54 Å². The number of hydrogen-bond acceptors (Lipinski definition) is 5. The summed E-state index contributed by atoms with van der Waals surface area (Å²) >= 11 is 8.12. The van der Waals surface area contributed by atoms with Crippen LogP contribution < -0.4 is 16.4 Å². The third kappa shape index (κ3) is 8.34. The van der Waals surface area contributed by atoms with E-state index in [0.717, 1.165) is 25.0 Å². The first-order valence-electron chi connectivity index (χ1n) is 5.64. The quantitative estimate of drug-likeness (QED) is 0.293. The summed E-state index contributed by atoms with van der Waals surface area (Å²) in [5.74, 6) is 0.551. The van der Waals surface area contributed by atoms with Crippen LogP contribution in [0.4, 0.5) is 0 Å². The lowest BCUT2D eigenvalue weighted by Gasteiger charge is -2.15. The predicted molar refractivity (Wildman–Crippen MR) is 75.6 cm³/mol. The number of carbonyl (C=O) groups excluding carboxylic acids is 2. The Morgan fingerprint density at radius 3 is 2.41 bits per heavy atom. The molecule has 0 aliphatic carbocycles. The van der Waals surface area contributed by atoms with E-state index in [1.54, 1.807) is 0 Å². The van der Waals surface area contributed by atoms with Crippen molar-refractivity contribution in [2.45, 2.75) is 25.3 Å². The van der Waals surface area contributed by atoms with Crippen LogP contribution in [-0.4, -0.2) is 42.5 Å². The van der Waals surface area contributed by atoms with Crippen molar-refractivity contribution in [3.63, 3.8) is 0 Å². The van der Waals surface area contributed by atoms with E-state index in [2.05, 4.69) is 35.9 Å². The van der Waals surface area contributed by atoms with Crippen molar-refractivity contribution >= 4 is 37.1 Å². The summed E-state index contributed by atoms with van der Waals surface area (Å²) in [7, 11) is 0. The molecule has 0 saturated carbocycles. The third-order valence-electron chi connectivity index (χ3n) is 2.15. The van der Waals surface area contributed by atoms with Gasteiger partial charge in [0.25, 0.3) is 0 Å². The van der Waals surface area contributed by atoms with Crippen LogP contribution in [0, 0.1) is 0 Å². The number of rotatable bonds is 9. The second-order valence-corrected chi connectivity index (χ2v) is 4.39. The van der Waals surface area contributed by atoms with Crippen LogP contribution in [0.25, 0.3) is 0 Å². The van der Waals surface area contributed by atoms with Gasteiger partial charge >= 0.3 is 0 Å². The van der Waals surface area contributed by atoms with Gasteiger partial charge < -0.3 is 16.4 Å². The van der Waals surface area contributed by atoms with Gasteiger partial charge in [-0.05, 0) is 18.6 Å². The van der Waals surface area contributed by atoms with Crippen LogP contribution in [0.2, 0.25) is 0 Å². The largest absolute Gasteiger partial charge is 0.354 e. The lowest BCUT2D eigenvalue weighted by molar-refractivity contribution is -0.127. The van der Waals surface area contributed by atoms with E-state index in [1.807, 2.05) is 0 Å². The average Bonchev–Trinajstić information content (AvgIpc) is 2.34. The molecule has 0 aromatic rings. The minimum absolute atomic E-state index is 0.125. The average molecular weight is 279 g/mol. The zero-order valence-electron chi connectivity index (χ0n) is 9.82. The Labute approximate surface area is 113 Å². The van der Waals surface area contributed by atoms with Gasteiger partial charge in [-0.25, -0.2) is 0 Å². The van der Waals surface area contributed by atoms with E-state index >= 15 is 0 Å². The molecule has 0 heterocycles. The monoisotopic (exact) mass is 279 g/mol. The van der Waals surface area contributed by atoms with Gasteiger partial charge in [-0.15, -0.1) is 0 Å². The van der Waals surface area contributed by atoms with Crippen LogP contribution in [-0.2, 0) is 9.59 Å². The minimum Gasteiger partial charge on any atom is -0.354 e. The number of hydrogen-bond donors (Lipinski definition) is 5. The Morgan fingerprint density at radius 2 is 1.88 bits per heavy atom. The minimum atomic E-state index is -0.612. The molecule has 17 heavy (non-hydrogen) atoms. The van der Waals surface area contributed by atoms with Crippen molar-refractivity contribution in [3.8, 4) is 0 Å². The predicted octanol–water partition coefficient (Wildman–Crippen LogP) is -0.424. The number of amides is 2. The number of thiol groups is 2. The molecule has 0 spiro atoms. The van der Waals surface area contributed by atoms with Crippen molar-refractivity contribution in [2.24, 2.45) is 5.73 Å². The number of carbonyl (C=O) groups is 2. The standard InChI is InChI=1S/C10H21N3O2S2/c11-6-9(14)13-8(7-17)10(15)12-4-2-1-3-5-16/h8,16-17H,1-7,11H2,(H,12,15)(H,13,14). The molecule has 100 valence electrons. The molecule has 1 unspecified atom stereocenters. The maximum Gasteiger partial charge on any atom is 0.243 e. The summed E-state index contributed by atoms with van der Waals surface area (Å²) in [6, 6.07) is -0.612. The van der Waals surface area contributed by atoms with Gasteiger partial charge in [-0.3, -0.25) is 9.59 Å². The molecule has 0 aromatic carbocycles. The number of nitrogens with one attached hydrogen (secondary N) is 2. The molecule has 0 bridgehead atoms. The molecule has 1 atom stereocenters. The van der Waals surface area contributed by atoms with E-state index in [0.29, 0.717) is 6.54 Å². The zero-order valence-corrected chi connectivity index (χ0v) is 11.6. The Kier molecular flexibility index (Phi) is 10.5. The molecular formula is C10H21N3O2S2. The smallest absolute Gasteiger partial charge is 0.243 e. The summed E-state index contributed by atoms with van der Waals surface area (Å²) < 4.78 is 0. The summed E-state index contributed by atoms with van der Waals surface area (Å²) in [5, 5.41) is 5.26. The maximum absolute atomic E-state index is 11.6. The molecule has 0 rings (SSSR count). The summed E-state index contributed by atoms with van der Waals surface area (Å²) in [4.78, 5) is 22.7. The van der Waals surface area contributed by atoms with Crippen LogP contribution in [0.15, 0.2) is 0 Å². The molecule has 0 radical (unpaired) electrons. The first kappa shape index (κ1) is 16.6. The number of unbranched alkanes of at least 4 members (excludes halogenated alkanes) is 2. The van der Waals surface area contributed by atoms with E-state index in [4.69, 9.17) is 5.73 Å². The van der Waals surface area contributed by atoms with Crippen LogP contribution in [0.1, 0.15) is 19.3 Å². The number of nitrogens with two attached hydrogens (primary N) is 1. The molecule has 4 N–H and O–H groups in total. The SMILES string of the molecule is NCC(=O)NC(CS)C(=O)NCCCCCS.